The first kappa shape index (κ1) is 15.6. The van der Waals surface area contributed by atoms with Gasteiger partial charge in [0.25, 0.3) is 0 Å². The fourth-order valence-electron chi connectivity index (χ4n) is 1.58. The molecule has 1 aromatic rings. The van der Waals surface area contributed by atoms with Gasteiger partial charge in [-0.15, -0.1) is 0 Å². The van der Waals surface area contributed by atoms with Gasteiger partial charge in [0, 0.05) is 12.7 Å². The fraction of sp³-hybridized carbons (Fsp3) is 0.636. The van der Waals surface area contributed by atoms with Crippen molar-refractivity contribution >= 4 is 16.0 Å². The molecule has 0 bridgehead atoms. The molecule has 0 spiro atoms. The number of sulfonamides is 1. The summed E-state index contributed by atoms with van der Waals surface area (Å²) < 4.78 is 27.7. The van der Waals surface area contributed by atoms with Gasteiger partial charge in [0.15, 0.2) is 0 Å². The summed E-state index contributed by atoms with van der Waals surface area (Å²) in [4.78, 5) is 11.0. The van der Waals surface area contributed by atoms with Crippen LogP contribution in [0.4, 0.5) is 0 Å². The lowest BCUT2D eigenvalue weighted by Crippen LogP contribution is -2.41. The first-order valence-corrected chi connectivity index (χ1v) is 7.52. The van der Waals surface area contributed by atoms with Gasteiger partial charge < -0.3 is 5.11 Å². The lowest BCUT2D eigenvalue weighted by Gasteiger charge is -2.15. The Morgan fingerprint density at radius 3 is 2.58 bits per heavy atom. The van der Waals surface area contributed by atoms with Crippen molar-refractivity contribution in [1.29, 1.82) is 0 Å². The van der Waals surface area contributed by atoms with Crippen LogP contribution in [-0.4, -0.2) is 35.3 Å². The molecule has 2 N–H and O–H groups in total. The SMILES string of the molecule is CCn1cc(S(=O)(=O)N[C@@H](CC(C)C)C(=O)O)cn1. The third kappa shape index (κ3) is 4.32. The summed E-state index contributed by atoms with van der Waals surface area (Å²) >= 11 is 0. The van der Waals surface area contributed by atoms with Gasteiger partial charge in [0.2, 0.25) is 10.0 Å². The second-order valence-electron chi connectivity index (χ2n) is 4.67. The topological polar surface area (TPSA) is 101 Å². The number of hydrogen-bond donors (Lipinski definition) is 2. The molecule has 108 valence electrons. The number of aliphatic carboxylic acids is 1. The first-order chi connectivity index (χ1) is 8.76. The second kappa shape index (κ2) is 6.16. The largest absolute Gasteiger partial charge is 0.480 e. The molecular formula is C11H19N3O4S. The van der Waals surface area contributed by atoms with Gasteiger partial charge in [-0.05, 0) is 19.3 Å². The summed E-state index contributed by atoms with van der Waals surface area (Å²) in [5.74, 6) is -1.11. The van der Waals surface area contributed by atoms with E-state index in [-0.39, 0.29) is 17.2 Å². The van der Waals surface area contributed by atoms with Crippen molar-refractivity contribution in [3.05, 3.63) is 12.4 Å². The van der Waals surface area contributed by atoms with E-state index in [4.69, 9.17) is 5.11 Å². The highest BCUT2D eigenvalue weighted by molar-refractivity contribution is 7.89. The number of hydrogen-bond acceptors (Lipinski definition) is 4. The minimum absolute atomic E-state index is 0.0237. The summed E-state index contributed by atoms with van der Waals surface area (Å²) in [6.45, 7) is 6.04. The van der Waals surface area contributed by atoms with Crippen molar-refractivity contribution < 1.29 is 18.3 Å². The predicted octanol–water partition coefficient (Wildman–Crippen LogP) is 0.681. The Balaban J connectivity index is 2.90. The van der Waals surface area contributed by atoms with Crippen molar-refractivity contribution in [1.82, 2.24) is 14.5 Å². The average molecular weight is 289 g/mol. The van der Waals surface area contributed by atoms with Crippen molar-refractivity contribution in [2.75, 3.05) is 0 Å². The summed E-state index contributed by atoms with van der Waals surface area (Å²) in [5.41, 5.74) is 0. The van der Waals surface area contributed by atoms with Crippen molar-refractivity contribution in [3.8, 4) is 0 Å². The van der Waals surface area contributed by atoms with E-state index in [9.17, 15) is 13.2 Å². The number of carbonyl (C=O) groups is 1. The van der Waals surface area contributed by atoms with Crippen LogP contribution >= 0.6 is 0 Å². The zero-order valence-electron chi connectivity index (χ0n) is 11.2. The van der Waals surface area contributed by atoms with E-state index in [0.717, 1.165) is 0 Å². The van der Waals surface area contributed by atoms with Crippen LogP contribution in [0.1, 0.15) is 27.2 Å². The molecule has 1 heterocycles. The molecule has 1 rings (SSSR count). The number of aryl methyl sites for hydroxylation is 1. The van der Waals surface area contributed by atoms with Crippen molar-refractivity contribution in [3.63, 3.8) is 0 Å². The van der Waals surface area contributed by atoms with Gasteiger partial charge in [-0.25, -0.2) is 8.42 Å². The van der Waals surface area contributed by atoms with Crippen LogP contribution in [0.5, 0.6) is 0 Å². The van der Waals surface area contributed by atoms with Crippen LogP contribution in [-0.2, 0) is 21.4 Å². The van der Waals surface area contributed by atoms with Gasteiger partial charge in [0.1, 0.15) is 10.9 Å². The van der Waals surface area contributed by atoms with E-state index in [1.165, 1.54) is 17.1 Å². The van der Waals surface area contributed by atoms with Gasteiger partial charge >= 0.3 is 5.97 Å². The molecule has 1 atom stereocenters. The molecule has 1 aromatic heterocycles. The quantitative estimate of drug-likeness (QED) is 0.768. The van der Waals surface area contributed by atoms with E-state index in [1.807, 2.05) is 20.8 Å². The van der Waals surface area contributed by atoms with Gasteiger partial charge in [-0.1, -0.05) is 13.8 Å². The molecule has 8 heteroatoms. The van der Waals surface area contributed by atoms with Gasteiger partial charge in [-0.2, -0.15) is 9.82 Å². The maximum absolute atomic E-state index is 12.0. The second-order valence-corrected chi connectivity index (χ2v) is 6.39. The van der Waals surface area contributed by atoms with Crippen LogP contribution in [0.15, 0.2) is 17.3 Å². The number of rotatable bonds is 7. The molecule has 0 amide bonds. The minimum Gasteiger partial charge on any atom is -0.480 e. The zero-order chi connectivity index (χ0) is 14.6. The molecule has 0 saturated heterocycles. The Bertz CT molecular complexity index is 536. The van der Waals surface area contributed by atoms with Gasteiger partial charge in [0.05, 0.1) is 6.20 Å². The standard InChI is InChI=1S/C11H19N3O4S/c1-4-14-7-9(6-12-14)19(17,18)13-10(11(15)16)5-8(2)3/h6-8,10,13H,4-5H2,1-3H3,(H,15,16)/t10-/m0/s1. The number of aromatic nitrogens is 2. The molecule has 0 saturated carbocycles. The minimum atomic E-state index is -3.85. The highest BCUT2D eigenvalue weighted by atomic mass is 32.2. The normalized spacial score (nSPS) is 13.7. The van der Waals surface area contributed by atoms with Gasteiger partial charge in [-0.3, -0.25) is 9.48 Å². The maximum atomic E-state index is 12.0. The molecular weight excluding hydrogens is 270 g/mol. The number of carboxylic acids is 1. The van der Waals surface area contributed by atoms with Crippen LogP contribution in [0.3, 0.4) is 0 Å². The fourth-order valence-corrected chi connectivity index (χ4v) is 2.74. The third-order valence-electron chi connectivity index (χ3n) is 2.55. The Kier molecular flexibility index (Phi) is 5.07. The molecule has 0 aliphatic rings. The van der Waals surface area contributed by atoms with E-state index in [1.54, 1.807) is 0 Å². The van der Waals surface area contributed by atoms with Crippen LogP contribution < -0.4 is 4.72 Å². The van der Waals surface area contributed by atoms with Crippen LogP contribution in [0.2, 0.25) is 0 Å². The lowest BCUT2D eigenvalue weighted by molar-refractivity contribution is -0.139. The van der Waals surface area contributed by atoms with E-state index < -0.39 is 22.0 Å². The Hall–Kier alpha value is -1.41. The number of carboxylic acid groups (broad SMARTS) is 1. The smallest absolute Gasteiger partial charge is 0.321 e. The first-order valence-electron chi connectivity index (χ1n) is 6.03. The Morgan fingerprint density at radius 1 is 1.53 bits per heavy atom. The molecule has 0 radical (unpaired) electrons. The molecule has 7 nitrogen and oxygen atoms in total. The zero-order valence-corrected chi connectivity index (χ0v) is 12.0. The lowest BCUT2D eigenvalue weighted by atomic mass is 10.1. The summed E-state index contributed by atoms with van der Waals surface area (Å²) in [6.07, 6.45) is 2.81. The molecule has 0 aliphatic heterocycles. The summed E-state index contributed by atoms with van der Waals surface area (Å²) in [6, 6.07) is -1.13. The maximum Gasteiger partial charge on any atom is 0.321 e. The average Bonchev–Trinajstić information content (AvgIpc) is 2.76. The molecule has 19 heavy (non-hydrogen) atoms. The number of nitrogens with zero attached hydrogens (tertiary/aromatic N) is 2. The molecule has 0 aliphatic carbocycles. The molecule has 0 aromatic carbocycles. The van der Waals surface area contributed by atoms with Crippen molar-refractivity contribution in [2.45, 2.75) is 44.7 Å². The highest BCUT2D eigenvalue weighted by Gasteiger charge is 2.26. The van der Waals surface area contributed by atoms with Crippen LogP contribution in [0.25, 0.3) is 0 Å². The van der Waals surface area contributed by atoms with E-state index in [0.29, 0.717) is 6.54 Å². The Labute approximate surface area is 112 Å². The highest BCUT2D eigenvalue weighted by Crippen LogP contribution is 2.11. The number of nitrogens with one attached hydrogen (secondary N) is 1. The monoisotopic (exact) mass is 289 g/mol. The third-order valence-corrected chi connectivity index (χ3v) is 3.97. The Morgan fingerprint density at radius 2 is 2.16 bits per heavy atom. The predicted molar refractivity (Wildman–Crippen MR) is 69.1 cm³/mol. The van der Waals surface area contributed by atoms with Crippen LogP contribution in [0, 0.1) is 5.92 Å². The summed E-state index contributed by atoms with van der Waals surface area (Å²) in [7, 11) is -3.85. The molecule has 0 unspecified atom stereocenters. The van der Waals surface area contributed by atoms with Crippen molar-refractivity contribution in [2.24, 2.45) is 5.92 Å². The van der Waals surface area contributed by atoms with E-state index >= 15 is 0 Å². The van der Waals surface area contributed by atoms with E-state index in [2.05, 4.69) is 9.82 Å². The molecule has 0 fully saturated rings. The summed E-state index contributed by atoms with van der Waals surface area (Å²) in [5, 5.41) is 12.9.